The summed E-state index contributed by atoms with van der Waals surface area (Å²) in [6.07, 6.45) is 21.2. The van der Waals surface area contributed by atoms with Crippen LogP contribution in [-0.4, -0.2) is 44.7 Å². The third-order valence-corrected chi connectivity index (χ3v) is 3.39. The number of carboxylic acid groups (broad SMARTS) is 1. The van der Waals surface area contributed by atoms with Gasteiger partial charge in [0.1, 0.15) is 0 Å². The van der Waals surface area contributed by atoms with E-state index in [0.29, 0.717) is 12.8 Å². The van der Waals surface area contributed by atoms with Gasteiger partial charge in [-0.1, -0.05) is 79.8 Å². The molecule has 0 bridgehead atoms. The molecule has 0 fully saturated rings. The summed E-state index contributed by atoms with van der Waals surface area (Å²) in [4.78, 5) is 10.4. The molecule has 0 aliphatic heterocycles. The van der Waals surface area contributed by atoms with Gasteiger partial charge in [-0.15, -0.1) is 0 Å². The summed E-state index contributed by atoms with van der Waals surface area (Å²) < 4.78 is 0. The van der Waals surface area contributed by atoms with Gasteiger partial charge in [0, 0.05) is 6.42 Å². The third kappa shape index (κ3) is 18.4. The molecule has 27 heavy (non-hydrogen) atoms. The molecule has 0 rings (SSSR count). The van der Waals surface area contributed by atoms with Crippen molar-refractivity contribution in [3.05, 3.63) is 72.9 Å². The van der Waals surface area contributed by atoms with Crippen molar-refractivity contribution < 1.29 is 25.2 Å². The van der Waals surface area contributed by atoms with Crippen molar-refractivity contribution in [2.75, 3.05) is 0 Å². The predicted octanol–water partition coefficient (Wildman–Crippen LogP) is 3.46. The molecule has 0 amide bonds. The van der Waals surface area contributed by atoms with E-state index in [4.69, 9.17) is 5.11 Å². The van der Waals surface area contributed by atoms with Crippen LogP contribution in [0.4, 0.5) is 0 Å². The van der Waals surface area contributed by atoms with E-state index in [9.17, 15) is 20.1 Å². The minimum absolute atomic E-state index is 0.0705. The van der Waals surface area contributed by atoms with Crippen LogP contribution >= 0.6 is 0 Å². The van der Waals surface area contributed by atoms with Crippen LogP contribution in [-0.2, 0) is 4.79 Å². The number of aliphatic carboxylic acids is 1. The standard InChI is InChI=1S/C22H32O5/c1-2-3-7-12-19(23)14-10-6-11-15-20(24)13-8-4-5-9-16-21(25)17-18-22(26)27/h3-11,13-14,16,19-21,23-25H,2,12,15,17-18H2,1H3,(H,26,27)/b5-4+,7-3-,11-6-,13-8+,14-10+,16-9?/t19-,20?,21+/m0/s1. The van der Waals surface area contributed by atoms with Crippen LogP contribution in [0.2, 0.25) is 0 Å². The fourth-order valence-electron chi connectivity index (χ4n) is 1.93. The molecule has 0 aliphatic carbocycles. The lowest BCUT2D eigenvalue weighted by Crippen LogP contribution is -2.05. The molecule has 0 aromatic rings. The summed E-state index contributed by atoms with van der Waals surface area (Å²) in [6, 6.07) is 0. The Kier molecular flexibility index (Phi) is 15.8. The van der Waals surface area contributed by atoms with Gasteiger partial charge in [0.2, 0.25) is 0 Å². The molecule has 0 aliphatic rings. The number of carbonyl (C=O) groups is 1. The quantitative estimate of drug-likeness (QED) is 0.275. The molecule has 150 valence electrons. The molecular formula is C22H32O5. The van der Waals surface area contributed by atoms with Crippen LogP contribution in [0.15, 0.2) is 72.9 Å². The van der Waals surface area contributed by atoms with E-state index < -0.39 is 24.3 Å². The van der Waals surface area contributed by atoms with Crippen LogP contribution < -0.4 is 0 Å². The normalized spacial score (nSPS) is 16.6. The van der Waals surface area contributed by atoms with Gasteiger partial charge in [0.15, 0.2) is 0 Å². The predicted molar refractivity (Wildman–Crippen MR) is 109 cm³/mol. The van der Waals surface area contributed by atoms with Crippen molar-refractivity contribution in [3.8, 4) is 0 Å². The van der Waals surface area contributed by atoms with E-state index >= 15 is 0 Å². The maximum atomic E-state index is 10.4. The smallest absolute Gasteiger partial charge is 0.303 e. The highest BCUT2D eigenvalue weighted by Crippen LogP contribution is 2.00. The second kappa shape index (κ2) is 17.2. The zero-order valence-electron chi connectivity index (χ0n) is 15.9. The second-order valence-corrected chi connectivity index (χ2v) is 5.95. The van der Waals surface area contributed by atoms with E-state index in [1.165, 1.54) is 6.08 Å². The maximum absolute atomic E-state index is 10.4. The highest BCUT2D eigenvalue weighted by Gasteiger charge is 2.02. The Hall–Kier alpha value is -2.21. The van der Waals surface area contributed by atoms with E-state index in [1.807, 2.05) is 25.2 Å². The summed E-state index contributed by atoms with van der Waals surface area (Å²) in [5.74, 6) is -0.931. The molecule has 0 radical (unpaired) electrons. The fraction of sp³-hybridized carbons (Fsp3) is 0.409. The van der Waals surface area contributed by atoms with Crippen LogP contribution in [0.1, 0.15) is 39.0 Å². The lowest BCUT2D eigenvalue weighted by molar-refractivity contribution is -0.137. The topological polar surface area (TPSA) is 98.0 Å². The Morgan fingerprint density at radius 3 is 1.81 bits per heavy atom. The van der Waals surface area contributed by atoms with Crippen molar-refractivity contribution in [2.45, 2.75) is 57.3 Å². The first-order valence-corrected chi connectivity index (χ1v) is 9.21. The SMILES string of the molecule is CC/C=C\C[C@H](O)/C=C/C=C\CC(O)/C=C/C=C/C=C[C@@H](O)CCC(=O)O. The number of carboxylic acids is 1. The second-order valence-electron chi connectivity index (χ2n) is 5.95. The van der Waals surface area contributed by atoms with Crippen LogP contribution in [0.5, 0.6) is 0 Å². The molecule has 1 unspecified atom stereocenters. The lowest BCUT2D eigenvalue weighted by Gasteiger charge is -2.00. The number of hydrogen-bond acceptors (Lipinski definition) is 4. The molecule has 4 N–H and O–H groups in total. The molecule has 0 spiro atoms. The van der Waals surface area contributed by atoms with Crippen LogP contribution in [0.3, 0.4) is 0 Å². The Balaban J connectivity index is 4.01. The zero-order chi connectivity index (χ0) is 20.3. The highest BCUT2D eigenvalue weighted by atomic mass is 16.4. The average molecular weight is 376 g/mol. The Labute approximate surface area is 162 Å². The van der Waals surface area contributed by atoms with E-state index in [-0.39, 0.29) is 12.8 Å². The van der Waals surface area contributed by atoms with Gasteiger partial charge in [0.25, 0.3) is 0 Å². The van der Waals surface area contributed by atoms with E-state index in [2.05, 4.69) is 0 Å². The Morgan fingerprint density at radius 2 is 1.26 bits per heavy atom. The summed E-state index contributed by atoms with van der Waals surface area (Å²) in [5.41, 5.74) is 0. The lowest BCUT2D eigenvalue weighted by atomic mass is 10.2. The molecule has 0 saturated carbocycles. The van der Waals surface area contributed by atoms with E-state index in [0.717, 1.165) is 6.42 Å². The van der Waals surface area contributed by atoms with Crippen molar-refractivity contribution in [3.63, 3.8) is 0 Å². The monoisotopic (exact) mass is 376 g/mol. The van der Waals surface area contributed by atoms with Gasteiger partial charge in [-0.25, -0.2) is 0 Å². The van der Waals surface area contributed by atoms with Crippen molar-refractivity contribution >= 4 is 5.97 Å². The molecule has 0 saturated heterocycles. The minimum atomic E-state index is -0.931. The fourth-order valence-corrected chi connectivity index (χ4v) is 1.93. The third-order valence-electron chi connectivity index (χ3n) is 3.39. The van der Waals surface area contributed by atoms with Gasteiger partial charge in [-0.2, -0.15) is 0 Å². The van der Waals surface area contributed by atoms with Gasteiger partial charge < -0.3 is 20.4 Å². The molecular weight excluding hydrogens is 344 g/mol. The van der Waals surface area contributed by atoms with E-state index in [1.54, 1.807) is 48.6 Å². The highest BCUT2D eigenvalue weighted by molar-refractivity contribution is 5.66. The summed E-state index contributed by atoms with van der Waals surface area (Å²) in [7, 11) is 0. The summed E-state index contributed by atoms with van der Waals surface area (Å²) in [5, 5.41) is 37.5. The maximum Gasteiger partial charge on any atom is 0.303 e. The number of rotatable bonds is 14. The average Bonchev–Trinajstić information content (AvgIpc) is 2.62. The zero-order valence-corrected chi connectivity index (χ0v) is 15.9. The van der Waals surface area contributed by atoms with Crippen molar-refractivity contribution in [1.29, 1.82) is 0 Å². The number of aliphatic hydroxyl groups is 3. The molecule has 5 nitrogen and oxygen atoms in total. The molecule has 3 atom stereocenters. The van der Waals surface area contributed by atoms with Gasteiger partial charge in [0.05, 0.1) is 18.3 Å². The number of hydrogen-bond donors (Lipinski definition) is 4. The van der Waals surface area contributed by atoms with Gasteiger partial charge in [-0.3, -0.25) is 4.79 Å². The molecule has 0 aromatic carbocycles. The van der Waals surface area contributed by atoms with Gasteiger partial charge >= 0.3 is 5.97 Å². The first-order valence-electron chi connectivity index (χ1n) is 9.21. The Morgan fingerprint density at radius 1 is 0.741 bits per heavy atom. The van der Waals surface area contributed by atoms with Crippen LogP contribution in [0.25, 0.3) is 0 Å². The van der Waals surface area contributed by atoms with Crippen molar-refractivity contribution in [2.24, 2.45) is 0 Å². The number of allylic oxidation sites excluding steroid dienone is 7. The minimum Gasteiger partial charge on any atom is -0.481 e. The van der Waals surface area contributed by atoms with Crippen molar-refractivity contribution in [1.82, 2.24) is 0 Å². The first kappa shape index (κ1) is 24.8. The molecule has 0 aromatic heterocycles. The number of aliphatic hydroxyl groups excluding tert-OH is 3. The molecule has 5 heteroatoms. The molecule has 0 heterocycles. The first-order chi connectivity index (χ1) is 13.0. The van der Waals surface area contributed by atoms with Gasteiger partial charge in [-0.05, 0) is 25.7 Å². The summed E-state index contributed by atoms with van der Waals surface area (Å²) in [6.45, 7) is 2.04. The Bertz CT molecular complexity index is 555. The largest absolute Gasteiger partial charge is 0.481 e. The van der Waals surface area contributed by atoms with Crippen LogP contribution in [0, 0.1) is 0 Å². The summed E-state index contributed by atoms with van der Waals surface area (Å²) >= 11 is 0.